The zero-order valence-corrected chi connectivity index (χ0v) is 11.9. The maximum Gasteiger partial charge on any atom is 0.160 e. The summed E-state index contributed by atoms with van der Waals surface area (Å²) in [7, 11) is 3.58. The number of nitrogens with one attached hydrogen (secondary N) is 1. The van der Waals surface area contributed by atoms with Gasteiger partial charge in [0, 0.05) is 19.1 Å². The summed E-state index contributed by atoms with van der Waals surface area (Å²) in [5.74, 6) is 0.761. The van der Waals surface area contributed by atoms with Crippen LogP contribution in [0.25, 0.3) is 0 Å². The molecule has 1 aliphatic rings. The third-order valence-corrected chi connectivity index (χ3v) is 3.82. The van der Waals surface area contributed by atoms with Gasteiger partial charge >= 0.3 is 0 Å². The lowest BCUT2D eigenvalue weighted by Gasteiger charge is -2.35. The third kappa shape index (κ3) is 3.61. The molecule has 1 fully saturated rings. The van der Waals surface area contributed by atoms with Crippen LogP contribution in [0.1, 0.15) is 24.8 Å². The van der Waals surface area contributed by atoms with Gasteiger partial charge < -0.3 is 15.2 Å². The van der Waals surface area contributed by atoms with Crippen molar-refractivity contribution in [2.45, 2.75) is 31.8 Å². The van der Waals surface area contributed by atoms with Crippen molar-refractivity contribution in [3.05, 3.63) is 23.8 Å². The van der Waals surface area contributed by atoms with Crippen LogP contribution in [0.5, 0.6) is 11.5 Å². The first-order chi connectivity index (χ1) is 9.24. The van der Waals surface area contributed by atoms with Crippen LogP contribution in [0.4, 0.5) is 0 Å². The second-order valence-corrected chi connectivity index (χ2v) is 5.18. The van der Waals surface area contributed by atoms with Crippen molar-refractivity contribution >= 4 is 0 Å². The lowest BCUT2D eigenvalue weighted by molar-refractivity contribution is 0.139. The molecular formula is C15H24N2O2. The molecule has 0 aliphatic carbocycles. The van der Waals surface area contributed by atoms with Crippen LogP contribution in [-0.2, 0) is 6.54 Å². The van der Waals surface area contributed by atoms with E-state index in [1.807, 2.05) is 25.2 Å². The summed E-state index contributed by atoms with van der Waals surface area (Å²) in [6.07, 6.45) is 3.84. The van der Waals surface area contributed by atoms with Crippen molar-refractivity contribution in [2.24, 2.45) is 0 Å². The average molecular weight is 264 g/mol. The highest BCUT2D eigenvalue weighted by molar-refractivity contribution is 5.41. The molecule has 1 unspecified atom stereocenters. The number of rotatable bonds is 5. The van der Waals surface area contributed by atoms with Crippen molar-refractivity contribution in [3.8, 4) is 11.5 Å². The monoisotopic (exact) mass is 264 g/mol. The molecule has 1 heterocycles. The fourth-order valence-electron chi connectivity index (χ4n) is 2.80. The van der Waals surface area contributed by atoms with Gasteiger partial charge in [0.1, 0.15) is 0 Å². The molecule has 2 N–H and O–H groups in total. The molecule has 2 rings (SSSR count). The summed E-state index contributed by atoms with van der Waals surface area (Å²) in [6, 6.07) is 6.28. The molecule has 106 valence electrons. The highest BCUT2D eigenvalue weighted by Crippen LogP contribution is 2.28. The largest absolute Gasteiger partial charge is 0.504 e. The minimum Gasteiger partial charge on any atom is -0.504 e. The number of aromatic hydroxyl groups is 1. The van der Waals surface area contributed by atoms with Crippen molar-refractivity contribution < 1.29 is 9.84 Å². The Hall–Kier alpha value is -1.26. The molecule has 0 radical (unpaired) electrons. The molecule has 0 amide bonds. The Balaban J connectivity index is 2.04. The molecule has 4 nitrogen and oxygen atoms in total. The number of nitrogens with zero attached hydrogens (tertiary/aromatic N) is 1. The number of likely N-dealkylation sites (tertiary alicyclic amines) is 1. The summed E-state index contributed by atoms with van der Waals surface area (Å²) >= 11 is 0. The van der Waals surface area contributed by atoms with Gasteiger partial charge in [0.15, 0.2) is 11.5 Å². The van der Waals surface area contributed by atoms with Crippen molar-refractivity contribution in [1.29, 1.82) is 0 Å². The van der Waals surface area contributed by atoms with E-state index in [0.717, 1.165) is 25.2 Å². The van der Waals surface area contributed by atoms with Crippen LogP contribution in [0.15, 0.2) is 18.2 Å². The zero-order valence-electron chi connectivity index (χ0n) is 11.9. The zero-order chi connectivity index (χ0) is 13.7. The molecule has 0 spiro atoms. The Kier molecular flexibility index (Phi) is 5.05. The second-order valence-electron chi connectivity index (χ2n) is 5.18. The first kappa shape index (κ1) is 14.2. The molecule has 1 atom stereocenters. The first-order valence-electron chi connectivity index (χ1n) is 6.99. The Morgan fingerprint density at radius 2 is 2.26 bits per heavy atom. The highest BCUT2D eigenvalue weighted by Gasteiger charge is 2.21. The van der Waals surface area contributed by atoms with Gasteiger partial charge in [0.2, 0.25) is 0 Å². The minimum absolute atomic E-state index is 0.224. The molecular weight excluding hydrogens is 240 g/mol. The van der Waals surface area contributed by atoms with Gasteiger partial charge in [-0.3, -0.25) is 4.90 Å². The van der Waals surface area contributed by atoms with Crippen LogP contribution in [-0.4, -0.2) is 43.3 Å². The Morgan fingerprint density at radius 3 is 2.95 bits per heavy atom. The number of piperidine rings is 1. The molecule has 4 heteroatoms. The summed E-state index contributed by atoms with van der Waals surface area (Å²) in [4.78, 5) is 2.50. The summed E-state index contributed by atoms with van der Waals surface area (Å²) in [6.45, 7) is 3.06. The van der Waals surface area contributed by atoms with E-state index in [0.29, 0.717) is 11.8 Å². The number of hydrogen-bond donors (Lipinski definition) is 2. The first-order valence-corrected chi connectivity index (χ1v) is 6.99. The molecule has 0 aromatic heterocycles. The van der Waals surface area contributed by atoms with E-state index in [2.05, 4.69) is 10.2 Å². The van der Waals surface area contributed by atoms with Gasteiger partial charge in [-0.2, -0.15) is 0 Å². The molecule has 0 bridgehead atoms. The van der Waals surface area contributed by atoms with Crippen molar-refractivity contribution in [1.82, 2.24) is 10.2 Å². The average Bonchev–Trinajstić information content (AvgIpc) is 2.41. The lowest BCUT2D eigenvalue weighted by atomic mass is 10.0. The van der Waals surface area contributed by atoms with Crippen LogP contribution >= 0.6 is 0 Å². The number of phenols is 1. The van der Waals surface area contributed by atoms with Gasteiger partial charge in [-0.1, -0.05) is 12.5 Å². The highest BCUT2D eigenvalue weighted by atomic mass is 16.5. The lowest BCUT2D eigenvalue weighted by Crippen LogP contribution is -2.44. The molecule has 1 aromatic carbocycles. The van der Waals surface area contributed by atoms with Gasteiger partial charge in [0.05, 0.1) is 7.11 Å². The third-order valence-electron chi connectivity index (χ3n) is 3.82. The van der Waals surface area contributed by atoms with E-state index in [9.17, 15) is 5.11 Å². The summed E-state index contributed by atoms with van der Waals surface area (Å²) < 4.78 is 5.08. The van der Waals surface area contributed by atoms with E-state index in [1.54, 1.807) is 7.11 Å². The molecule has 0 saturated carbocycles. The van der Waals surface area contributed by atoms with Crippen molar-refractivity contribution in [3.63, 3.8) is 0 Å². The van der Waals surface area contributed by atoms with Crippen LogP contribution in [0, 0.1) is 0 Å². The minimum atomic E-state index is 0.224. The molecule has 1 aliphatic heterocycles. The Morgan fingerprint density at radius 1 is 1.42 bits per heavy atom. The molecule has 19 heavy (non-hydrogen) atoms. The number of hydrogen-bond acceptors (Lipinski definition) is 4. The predicted molar refractivity (Wildman–Crippen MR) is 76.6 cm³/mol. The van der Waals surface area contributed by atoms with Gasteiger partial charge in [-0.15, -0.1) is 0 Å². The van der Waals surface area contributed by atoms with E-state index < -0.39 is 0 Å². The smallest absolute Gasteiger partial charge is 0.160 e. The van der Waals surface area contributed by atoms with E-state index in [-0.39, 0.29) is 5.75 Å². The van der Waals surface area contributed by atoms with E-state index in [4.69, 9.17) is 4.74 Å². The van der Waals surface area contributed by atoms with E-state index in [1.165, 1.54) is 19.3 Å². The number of likely N-dealkylation sites (N-methyl/N-ethyl adjacent to an activating group) is 1. The number of ether oxygens (including phenoxy) is 1. The molecule has 1 aromatic rings. The maximum atomic E-state index is 9.83. The summed E-state index contributed by atoms with van der Waals surface area (Å²) in [5.41, 5.74) is 1.14. The van der Waals surface area contributed by atoms with E-state index >= 15 is 0 Å². The fourth-order valence-corrected chi connectivity index (χ4v) is 2.80. The van der Waals surface area contributed by atoms with Crippen molar-refractivity contribution in [2.75, 3.05) is 27.2 Å². The van der Waals surface area contributed by atoms with Gasteiger partial charge in [0.25, 0.3) is 0 Å². The normalized spacial score (nSPS) is 20.4. The Bertz CT molecular complexity index is 407. The standard InChI is InChI=1S/C15H24N2O2/c1-16-10-13-5-3-4-8-17(13)11-12-6-7-15(19-2)14(18)9-12/h6-7,9,13,16,18H,3-5,8,10-11H2,1-2H3. The second kappa shape index (κ2) is 6.78. The predicted octanol–water partition coefficient (Wildman–Crippen LogP) is 1.97. The van der Waals surface area contributed by atoms with Crippen LogP contribution in [0.2, 0.25) is 0 Å². The topological polar surface area (TPSA) is 44.7 Å². The van der Waals surface area contributed by atoms with Gasteiger partial charge in [-0.25, -0.2) is 0 Å². The maximum absolute atomic E-state index is 9.83. The Labute approximate surface area is 115 Å². The molecule has 1 saturated heterocycles. The quantitative estimate of drug-likeness (QED) is 0.853. The fraction of sp³-hybridized carbons (Fsp3) is 0.600. The number of benzene rings is 1. The van der Waals surface area contributed by atoms with Crippen LogP contribution < -0.4 is 10.1 Å². The number of methoxy groups -OCH3 is 1. The summed E-state index contributed by atoms with van der Waals surface area (Å²) in [5, 5.41) is 13.1. The number of phenolic OH excluding ortho intramolecular Hbond substituents is 1. The van der Waals surface area contributed by atoms with Gasteiger partial charge in [-0.05, 0) is 44.1 Å². The van der Waals surface area contributed by atoms with Crippen LogP contribution in [0.3, 0.4) is 0 Å². The SMILES string of the molecule is CNCC1CCCCN1Cc1ccc(OC)c(O)c1.